The number of carboxylic acids is 1. The monoisotopic (exact) mass is 271 g/mol. The number of rotatable bonds is 6. The van der Waals surface area contributed by atoms with Gasteiger partial charge in [0.25, 0.3) is 0 Å². The number of aliphatic hydroxyl groups excluding tert-OH is 1. The van der Waals surface area contributed by atoms with Crippen molar-refractivity contribution in [1.82, 2.24) is 15.6 Å². The van der Waals surface area contributed by atoms with E-state index in [1.54, 1.807) is 13.8 Å². The SMILES string of the molecule is Cc1nc(CNC(=O)NCC[C@H](O)C(=O)O)oc1C. The Labute approximate surface area is 109 Å². The van der Waals surface area contributed by atoms with Crippen LogP contribution >= 0.6 is 0 Å². The fraction of sp³-hybridized carbons (Fsp3) is 0.545. The molecule has 1 atom stereocenters. The second-order valence-corrected chi connectivity index (χ2v) is 4.00. The number of urea groups is 1. The van der Waals surface area contributed by atoms with Crippen LogP contribution in [0, 0.1) is 13.8 Å². The molecule has 0 spiro atoms. The molecule has 0 saturated heterocycles. The maximum Gasteiger partial charge on any atom is 0.332 e. The summed E-state index contributed by atoms with van der Waals surface area (Å²) in [6, 6.07) is -0.480. The van der Waals surface area contributed by atoms with Gasteiger partial charge in [-0.2, -0.15) is 0 Å². The summed E-state index contributed by atoms with van der Waals surface area (Å²) in [5.41, 5.74) is 0.766. The zero-order valence-electron chi connectivity index (χ0n) is 10.8. The van der Waals surface area contributed by atoms with Gasteiger partial charge in [0.15, 0.2) is 6.10 Å². The summed E-state index contributed by atoms with van der Waals surface area (Å²) < 4.78 is 5.27. The molecule has 0 aliphatic carbocycles. The summed E-state index contributed by atoms with van der Waals surface area (Å²) in [5.74, 6) is -0.217. The Morgan fingerprint density at radius 1 is 1.37 bits per heavy atom. The molecule has 1 aromatic heterocycles. The molecule has 8 heteroatoms. The lowest BCUT2D eigenvalue weighted by Gasteiger charge is -2.07. The van der Waals surface area contributed by atoms with Gasteiger partial charge in [0.1, 0.15) is 5.76 Å². The van der Waals surface area contributed by atoms with Gasteiger partial charge in [0.2, 0.25) is 5.89 Å². The van der Waals surface area contributed by atoms with Crippen LogP contribution in [0.5, 0.6) is 0 Å². The van der Waals surface area contributed by atoms with Crippen LogP contribution in [0.3, 0.4) is 0 Å². The van der Waals surface area contributed by atoms with E-state index in [0.717, 1.165) is 5.69 Å². The van der Waals surface area contributed by atoms with E-state index in [1.165, 1.54) is 0 Å². The average molecular weight is 271 g/mol. The highest BCUT2D eigenvalue weighted by atomic mass is 16.4. The first kappa shape index (κ1) is 15.0. The number of aryl methyl sites for hydroxylation is 2. The van der Waals surface area contributed by atoms with Crippen molar-refractivity contribution in [1.29, 1.82) is 0 Å². The van der Waals surface area contributed by atoms with E-state index in [0.29, 0.717) is 11.7 Å². The summed E-state index contributed by atoms with van der Waals surface area (Å²) in [5, 5.41) is 22.3. The highest BCUT2D eigenvalue weighted by molar-refractivity contribution is 5.74. The molecule has 1 aromatic rings. The number of aromatic nitrogens is 1. The predicted octanol–water partition coefficient (Wildman–Crippen LogP) is -0.0738. The third kappa shape index (κ3) is 4.96. The van der Waals surface area contributed by atoms with Gasteiger partial charge in [0.05, 0.1) is 12.2 Å². The normalized spacial score (nSPS) is 11.9. The van der Waals surface area contributed by atoms with E-state index >= 15 is 0 Å². The molecule has 1 heterocycles. The van der Waals surface area contributed by atoms with E-state index in [4.69, 9.17) is 14.6 Å². The summed E-state index contributed by atoms with van der Waals surface area (Å²) >= 11 is 0. The molecule has 0 aliphatic rings. The smallest absolute Gasteiger partial charge is 0.332 e. The number of nitrogens with zero attached hydrogens (tertiary/aromatic N) is 1. The highest BCUT2D eigenvalue weighted by Crippen LogP contribution is 2.07. The molecular formula is C11H17N3O5. The highest BCUT2D eigenvalue weighted by Gasteiger charge is 2.13. The standard InChI is InChI=1S/C11H17N3O5/c1-6-7(2)19-9(14-6)5-13-11(18)12-4-3-8(15)10(16)17/h8,15H,3-5H2,1-2H3,(H,16,17)(H2,12,13,18)/t8-/m0/s1. The van der Waals surface area contributed by atoms with Crippen LogP contribution in [-0.2, 0) is 11.3 Å². The van der Waals surface area contributed by atoms with Crippen LogP contribution < -0.4 is 10.6 Å². The number of carbonyl (C=O) groups excluding carboxylic acids is 1. The largest absolute Gasteiger partial charge is 0.479 e. The van der Waals surface area contributed by atoms with Gasteiger partial charge in [-0.15, -0.1) is 0 Å². The number of aliphatic carboxylic acids is 1. The van der Waals surface area contributed by atoms with Crippen molar-refractivity contribution in [2.45, 2.75) is 32.9 Å². The van der Waals surface area contributed by atoms with Crippen molar-refractivity contribution in [2.75, 3.05) is 6.54 Å². The van der Waals surface area contributed by atoms with Gasteiger partial charge in [-0.3, -0.25) is 0 Å². The van der Waals surface area contributed by atoms with Crippen LogP contribution in [0.15, 0.2) is 4.42 Å². The Bertz CT molecular complexity index is 438. The minimum atomic E-state index is -1.47. The lowest BCUT2D eigenvalue weighted by atomic mass is 10.2. The number of nitrogens with one attached hydrogen (secondary N) is 2. The number of oxazole rings is 1. The van der Waals surface area contributed by atoms with Crippen molar-refractivity contribution in [3.8, 4) is 0 Å². The Kier molecular flexibility index (Phi) is 5.31. The van der Waals surface area contributed by atoms with Crippen LogP contribution in [0.1, 0.15) is 23.8 Å². The first-order chi connectivity index (χ1) is 8.90. The molecule has 106 valence electrons. The minimum Gasteiger partial charge on any atom is -0.479 e. The quantitative estimate of drug-likeness (QED) is 0.574. The van der Waals surface area contributed by atoms with Gasteiger partial charge >= 0.3 is 12.0 Å². The molecule has 0 bridgehead atoms. The molecule has 0 aliphatic heterocycles. The van der Waals surface area contributed by atoms with Crippen LogP contribution in [0.4, 0.5) is 4.79 Å². The average Bonchev–Trinajstić information content (AvgIpc) is 2.66. The van der Waals surface area contributed by atoms with E-state index in [2.05, 4.69) is 15.6 Å². The summed E-state index contributed by atoms with van der Waals surface area (Å²) in [7, 11) is 0. The zero-order chi connectivity index (χ0) is 14.4. The topological polar surface area (TPSA) is 125 Å². The van der Waals surface area contributed by atoms with Gasteiger partial charge < -0.3 is 25.3 Å². The Hall–Kier alpha value is -2.09. The zero-order valence-corrected chi connectivity index (χ0v) is 10.8. The molecule has 4 N–H and O–H groups in total. The van der Waals surface area contributed by atoms with Crippen molar-refractivity contribution in [3.63, 3.8) is 0 Å². The predicted molar refractivity (Wildman–Crippen MR) is 64.5 cm³/mol. The summed E-state index contributed by atoms with van der Waals surface area (Å²) in [4.78, 5) is 25.7. The number of hydrogen-bond donors (Lipinski definition) is 4. The minimum absolute atomic E-state index is 0.0556. The van der Waals surface area contributed by atoms with Crippen molar-refractivity contribution < 1.29 is 24.2 Å². The van der Waals surface area contributed by atoms with E-state index in [9.17, 15) is 9.59 Å². The van der Waals surface area contributed by atoms with Crippen LogP contribution in [0.25, 0.3) is 0 Å². The number of carbonyl (C=O) groups is 2. The summed E-state index contributed by atoms with van der Waals surface area (Å²) in [6.45, 7) is 3.78. The van der Waals surface area contributed by atoms with Gasteiger partial charge in [0, 0.05) is 13.0 Å². The number of hydrogen-bond acceptors (Lipinski definition) is 5. The lowest BCUT2D eigenvalue weighted by molar-refractivity contribution is -0.146. The Morgan fingerprint density at radius 2 is 2.05 bits per heavy atom. The first-order valence-corrected chi connectivity index (χ1v) is 5.75. The molecule has 0 aromatic carbocycles. The Morgan fingerprint density at radius 3 is 2.58 bits per heavy atom. The molecule has 1 rings (SSSR count). The molecule has 0 unspecified atom stereocenters. The first-order valence-electron chi connectivity index (χ1n) is 5.75. The molecule has 0 saturated carbocycles. The number of amides is 2. The molecule has 19 heavy (non-hydrogen) atoms. The van der Waals surface area contributed by atoms with Crippen LogP contribution in [0.2, 0.25) is 0 Å². The third-order valence-electron chi connectivity index (χ3n) is 2.46. The second kappa shape index (κ2) is 6.74. The number of carboxylic acid groups (broad SMARTS) is 1. The van der Waals surface area contributed by atoms with Crippen molar-refractivity contribution in [2.24, 2.45) is 0 Å². The molecule has 2 amide bonds. The third-order valence-corrected chi connectivity index (χ3v) is 2.46. The van der Waals surface area contributed by atoms with E-state index in [-0.39, 0.29) is 19.5 Å². The maximum atomic E-state index is 11.3. The Balaban J connectivity index is 2.23. The van der Waals surface area contributed by atoms with Crippen LogP contribution in [-0.4, -0.2) is 39.8 Å². The molecule has 0 radical (unpaired) electrons. The fourth-order valence-electron chi connectivity index (χ4n) is 1.28. The molecule has 0 fully saturated rings. The molecule has 8 nitrogen and oxygen atoms in total. The van der Waals surface area contributed by atoms with E-state index in [1.807, 2.05) is 0 Å². The van der Waals surface area contributed by atoms with Gasteiger partial charge in [-0.1, -0.05) is 0 Å². The maximum absolute atomic E-state index is 11.3. The van der Waals surface area contributed by atoms with E-state index < -0.39 is 18.1 Å². The fourth-order valence-corrected chi connectivity index (χ4v) is 1.28. The summed E-state index contributed by atoms with van der Waals surface area (Å²) in [6.07, 6.45) is -1.53. The van der Waals surface area contributed by atoms with Crippen molar-refractivity contribution in [3.05, 3.63) is 17.3 Å². The lowest BCUT2D eigenvalue weighted by Crippen LogP contribution is -2.37. The van der Waals surface area contributed by atoms with Crippen molar-refractivity contribution >= 4 is 12.0 Å². The molecular weight excluding hydrogens is 254 g/mol. The van der Waals surface area contributed by atoms with Gasteiger partial charge in [-0.05, 0) is 13.8 Å². The second-order valence-electron chi connectivity index (χ2n) is 4.00. The number of aliphatic hydroxyl groups is 1. The van der Waals surface area contributed by atoms with Gasteiger partial charge in [-0.25, -0.2) is 14.6 Å².